The number of carbonyl (C=O) groups is 1. The summed E-state index contributed by atoms with van der Waals surface area (Å²) in [6, 6.07) is -0.450. The van der Waals surface area contributed by atoms with Crippen molar-refractivity contribution in [3.8, 4) is 0 Å². The fraction of sp³-hybridized carbons (Fsp3) is 0.833. The Morgan fingerprint density at radius 2 is 2.31 bits per heavy atom. The van der Waals surface area contributed by atoms with Gasteiger partial charge in [-0.2, -0.15) is 8.42 Å². The summed E-state index contributed by atoms with van der Waals surface area (Å²) in [7, 11) is -4.38. The van der Waals surface area contributed by atoms with Crippen molar-refractivity contribution in [3.63, 3.8) is 0 Å². The Kier molecular flexibility index (Phi) is 1.53. The van der Waals surface area contributed by atoms with Gasteiger partial charge in [0, 0.05) is 0 Å². The second-order valence-electron chi connectivity index (χ2n) is 3.57. The molecule has 0 bridgehead atoms. The highest BCUT2D eigenvalue weighted by Crippen LogP contribution is 2.40. The van der Waals surface area contributed by atoms with E-state index in [4.69, 9.17) is 4.55 Å². The maximum atomic E-state index is 11.2. The summed E-state index contributed by atoms with van der Waals surface area (Å²) in [6.07, 6.45) is 0.545. The van der Waals surface area contributed by atoms with Crippen LogP contribution in [0.1, 0.15) is 13.3 Å². The highest BCUT2D eigenvalue weighted by molar-refractivity contribution is 7.84. The number of fused-ring (bicyclic) bond motifs is 1. The fourth-order valence-electron chi connectivity index (χ4n) is 2.09. The monoisotopic (exact) mass is 206 g/mol. The third kappa shape index (κ3) is 0.946. The fourth-order valence-corrected chi connectivity index (χ4v) is 3.14. The summed E-state index contributed by atoms with van der Waals surface area (Å²) < 4.78 is 30.9. The van der Waals surface area contributed by atoms with Crippen molar-refractivity contribution in [2.24, 2.45) is 0 Å². The molecule has 2 saturated heterocycles. The average molecular weight is 206 g/mol. The lowest BCUT2D eigenvalue weighted by atomic mass is 9.84. The molecule has 2 fully saturated rings. The van der Waals surface area contributed by atoms with Crippen LogP contribution in [0.15, 0.2) is 0 Å². The van der Waals surface area contributed by atoms with Crippen LogP contribution < -0.4 is 5.32 Å². The van der Waals surface area contributed by atoms with Gasteiger partial charge in [0.2, 0.25) is 0 Å². The van der Waals surface area contributed by atoms with Gasteiger partial charge < -0.3 is 5.32 Å². The van der Waals surface area contributed by atoms with Crippen LogP contribution in [0.4, 0.5) is 0 Å². The van der Waals surface area contributed by atoms with Gasteiger partial charge in [-0.1, -0.05) is 0 Å². The van der Waals surface area contributed by atoms with E-state index in [0.717, 1.165) is 0 Å². The lowest BCUT2D eigenvalue weighted by Crippen LogP contribution is -2.74. The number of nitrogens with one attached hydrogen (secondary N) is 1. The Morgan fingerprint density at radius 3 is 2.85 bits per heavy atom. The minimum absolute atomic E-state index is 0.450. The molecule has 0 saturated carbocycles. The molecule has 0 spiro atoms. The first-order valence-corrected chi connectivity index (χ1v) is 5.32. The SMILES string of the molecule is C[C@]12CCN[C@H]1C(=O)N2S(=O)(=O)O. The predicted molar refractivity (Wildman–Crippen MR) is 43.2 cm³/mol. The Hall–Kier alpha value is -0.660. The summed E-state index contributed by atoms with van der Waals surface area (Å²) in [5, 5.41) is 2.88. The van der Waals surface area contributed by atoms with E-state index in [1.807, 2.05) is 0 Å². The van der Waals surface area contributed by atoms with Gasteiger partial charge >= 0.3 is 10.3 Å². The Balaban J connectivity index is 2.39. The van der Waals surface area contributed by atoms with Gasteiger partial charge in [-0.25, -0.2) is 4.31 Å². The van der Waals surface area contributed by atoms with Crippen LogP contribution in [0.3, 0.4) is 0 Å². The van der Waals surface area contributed by atoms with Crippen LogP contribution in [0.25, 0.3) is 0 Å². The summed E-state index contributed by atoms with van der Waals surface area (Å²) in [4.78, 5) is 11.2. The van der Waals surface area contributed by atoms with Crippen molar-refractivity contribution in [2.75, 3.05) is 6.54 Å². The van der Waals surface area contributed by atoms with E-state index in [1.165, 1.54) is 0 Å². The van der Waals surface area contributed by atoms with Crippen molar-refractivity contribution >= 4 is 16.2 Å². The lowest BCUT2D eigenvalue weighted by Gasteiger charge is -2.48. The zero-order valence-corrected chi connectivity index (χ0v) is 7.84. The van der Waals surface area contributed by atoms with E-state index in [0.29, 0.717) is 17.3 Å². The van der Waals surface area contributed by atoms with Crippen molar-refractivity contribution in [1.82, 2.24) is 9.62 Å². The van der Waals surface area contributed by atoms with Gasteiger partial charge in [-0.3, -0.25) is 9.35 Å². The van der Waals surface area contributed by atoms with E-state index < -0.39 is 27.8 Å². The molecule has 2 heterocycles. The number of β-lactam (4-membered cyclic amide) rings is 1. The van der Waals surface area contributed by atoms with Gasteiger partial charge in [0.25, 0.3) is 5.91 Å². The maximum Gasteiger partial charge on any atom is 0.362 e. The van der Waals surface area contributed by atoms with Gasteiger partial charge in [-0.05, 0) is 19.9 Å². The molecule has 7 heteroatoms. The molecule has 13 heavy (non-hydrogen) atoms. The number of rotatable bonds is 1. The van der Waals surface area contributed by atoms with E-state index in [2.05, 4.69) is 5.32 Å². The Bertz CT molecular complexity index is 365. The van der Waals surface area contributed by atoms with Crippen LogP contribution in [-0.2, 0) is 15.1 Å². The number of nitrogens with zero attached hydrogens (tertiary/aromatic N) is 1. The molecule has 0 aromatic heterocycles. The third-order valence-corrected chi connectivity index (χ3v) is 3.80. The summed E-state index contributed by atoms with van der Waals surface area (Å²) in [5.74, 6) is -0.567. The van der Waals surface area contributed by atoms with Crippen LogP contribution in [0.2, 0.25) is 0 Å². The summed E-state index contributed by atoms with van der Waals surface area (Å²) in [6.45, 7) is 2.24. The molecular weight excluding hydrogens is 196 g/mol. The van der Waals surface area contributed by atoms with Crippen molar-refractivity contribution in [2.45, 2.75) is 24.9 Å². The molecule has 0 unspecified atom stereocenters. The highest BCUT2D eigenvalue weighted by Gasteiger charge is 2.64. The van der Waals surface area contributed by atoms with Gasteiger partial charge in [-0.15, -0.1) is 0 Å². The normalized spacial score (nSPS) is 38.8. The summed E-state index contributed by atoms with van der Waals surface area (Å²) in [5.41, 5.74) is -0.759. The van der Waals surface area contributed by atoms with Gasteiger partial charge in [0.05, 0.1) is 5.54 Å². The Labute approximate surface area is 75.8 Å². The minimum Gasteiger partial charge on any atom is -0.304 e. The molecule has 1 amide bonds. The molecule has 2 rings (SSSR count). The maximum absolute atomic E-state index is 11.2. The van der Waals surface area contributed by atoms with Gasteiger partial charge in [0.15, 0.2) is 0 Å². The minimum atomic E-state index is -4.38. The first kappa shape index (κ1) is 8.92. The van der Waals surface area contributed by atoms with Crippen molar-refractivity contribution < 1.29 is 17.8 Å². The third-order valence-electron chi connectivity index (χ3n) is 2.74. The molecule has 2 aliphatic heterocycles. The number of hydrogen-bond donors (Lipinski definition) is 2. The molecule has 2 N–H and O–H groups in total. The molecule has 2 aliphatic rings. The standard InChI is InChI=1S/C6H10N2O4S/c1-6-2-3-7-4(6)5(9)8(6)13(10,11)12/h4,7H,2-3H2,1H3,(H,10,11,12)/t4-,6-/m0/s1. The van der Waals surface area contributed by atoms with E-state index in [-0.39, 0.29) is 0 Å². The summed E-state index contributed by atoms with van der Waals surface area (Å²) >= 11 is 0. The molecule has 0 aliphatic carbocycles. The number of hydrogen-bond acceptors (Lipinski definition) is 4. The van der Waals surface area contributed by atoms with E-state index in [1.54, 1.807) is 6.92 Å². The average Bonchev–Trinajstić information content (AvgIpc) is 2.23. The first-order valence-electron chi connectivity index (χ1n) is 3.92. The molecule has 0 aromatic rings. The van der Waals surface area contributed by atoms with E-state index >= 15 is 0 Å². The first-order chi connectivity index (χ1) is 5.87. The molecule has 0 aromatic carbocycles. The number of amides is 1. The topological polar surface area (TPSA) is 86.7 Å². The zero-order chi connectivity index (χ0) is 9.85. The largest absolute Gasteiger partial charge is 0.362 e. The zero-order valence-electron chi connectivity index (χ0n) is 7.02. The van der Waals surface area contributed by atoms with Crippen LogP contribution in [-0.4, -0.2) is 41.3 Å². The molecule has 0 radical (unpaired) electrons. The second kappa shape index (κ2) is 2.23. The molecule has 6 nitrogen and oxygen atoms in total. The van der Waals surface area contributed by atoms with Gasteiger partial charge in [0.1, 0.15) is 6.04 Å². The number of carbonyl (C=O) groups excluding carboxylic acids is 1. The predicted octanol–water partition coefficient (Wildman–Crippen LogP) is -1.25. The highest BCUT2D eigenvalue weighted by atomic mass is 32.2. The molecule has 2 atom stereocenters. The van der Waals surface area contributed by atoms with Crippen LogP contribution in [0, 0.1) is 0 Å². The Morgan fingerprint density at radius 1 is 1.69 bits per heavy atom. The second-order valence-corrected chi connectivity index (χ2v) is 4.84. The quantitative estimate of drug-likeness (QED) is 0.413. The lowest BCUT2D eigenvalue weighted by molar-refractivity contribution is -0.147. The van der Waals surface area contributed by atoms with Crippen LogP contribution >= 0.6 is 0 Å². The van der Waals surface area contributed by atoms with E-state index in [9.17, 15) is 13.2 Å². The van der Waals surface area contributed by atoms with Crippen molar-refractivity contribution in [3.05, 3.63) is 0 Å². The molecule has 74 valence electrons. The van der Waals surface area contributed by atoms with Crippen molar-refractivity contribution in [1.29, 1.82) is 0 Å². The smallest absolute Gasteiger partial charge is 0.304 e. The molecular formula is C6H10N2O4S. The van der Waals surface area contributed by atoms with Crippen LogP contribution in [0.5, 0.6) is 0 Å².